The lowest BCUT2D eigenvalue weighted by molar-refractivity contribution is 0.311. The van der Waals surface area contributed by atoms with Gasteiger partial charge in [-0.1, -0.05) is 15.9 Å². The van der Waals surface area contributed by atoms with Crippen molar-refractivity contribution in [3.05, 3.63) is 52.5 Å². The lowest BCUT2D eigenvalue weighted by Crippen LogP contribution is -2.18. The average Bonchev–Trinajstić information content (AvgIpc) is 2.56. The smallest absolute Gasteiger partial charge is 0.276 e. The summed E-state index contributed by atoms with van der Waals surface area (Å²) in [6.07, 6.45) is 1.40. The van der Waals surface area contributed by atoms with Crippen molar-refractivity contribution in [2.24, 2.45) is 5.10 Å². The molecule has 0 aliphatic carbocycles. The Morgan fingerprint density at radius 1 is 1.17 bits per heavy atom. The Morgan fingerprint density at radius 3 is 2.50 bits per heavy atom. The molecule has 6 nitrogen and oxygen atoms in total. The lowest BCUT2D eigenvalue weighted by atomic mass is 10.2. The van der Waals surface area contributed by atoms with Crippen LogP contribution in [0.15, 0.2) is 56.9 Å². The van der Waals surface area contributed by atoms with Gasteiger partial charge < -0.3 is 9.47 Å². The summed E-state index contributed by atoms with van der Waals surface area (Å²) in [5.74, 6) is 1.17. The number of ether oxygens (including phenoxy) is 2. The third-order valence-corrected chi connectivity index (χ3v) is 4.77. The highest BCUT2D eigenvalue weighted by atomic mass is 79.9. The molecular weight excluding hydrogens is 396 g/mol. The largest absolute Gasteiger partial charge is 0.493 e. The minimum atomic E-state index is -3.70. The van der Waals surface area contributed by atoms with Crippen molar-refractivity contribution in [2.75, 3.05) is 13.7 Å². The number of hydrazone groups is 1. The molecular formula is C16H17BrN2O4S. The second-order valence-electron chi connectivity index (χ2n) is 4.65. The summed E-state index contributed by atoms with van der Waals surface area (Å²) in [6.45, 7) is 2.41. The number of rotatable bonds is 7. The number of hydrogen-bond donors (Lipinski definition) is 1. The van der Waals surface area contributed by atoms with Crippen molar-refractivity contribution in [3.63, 3.8) is 0 Å². The zero-order valence-electron chi connectivity index (χ0n) is 13.2. The molecule has 0 fully saturated rings. The third-order valence-electron chi connectivity index (χ3n) is 3.00. The van der Waals surface area contributed by atoms with E-state index in [1.165, 1.54) is 25.5 Å². The van der Waals surface area contributed by atoms with Crippen LogP contribution in [0.2, 0.25) is 0 Å². The molecule has 2 aromatic carbocycles. The first-order valence-electron chi connectivity index (χ1n) is 7.07. The summed E-state index contributed by atoms with van der Waals surface area (Å²) in [5, 5.41) is 3.79. The molecule has 0 atom stereocenters. The number of sulfonamides is 1. The van der Waals surface area contributed by atoms with Crippen molar-refractivity contribution < 1.29 is 17.9 Å². The molecule has 0 radical (unpaired) electrons. The van der Waals surface area contributed by atoms with Gasteiger partial charge in [0.25, 0.3) is 10.0 Å². The molecule has 0 spiro atoms. The summed E-state index contributed by atoms with van der Waals surface area (Å²) in [7, 11) is -2.17. The van der Waals surface area contributed by atoms with Crippen LogP contribution < -0.4 is 14.3 Å². The lowest BCUT2D eigenvalue weighted by Gasteiger charge is -2.09. The first-order valence-corrected chi connectivity index (χ1v) is 9.35. The predicted molar refractivity (Wildman–Crippen MR) is 96.2 cm³/mol. The molecule has 0 unspecified atom stereocenters. The molecule has 0 saturated carbocycles. The molecule has 8 heteroatoms. The summed E-state index contributed by atoms with van der Waals surface area (Å²) in [6, 6.07) is 11.5. The molecule has 2 aromatic rings. The van der Waals surface area contributed by atoms with Gasteiger partial charge in [-0.05, 0) is 55.0 Å². The Bertz CT molecular complexity index is 820. The summed E-state index contributed by atoms with van der Waals surface area (Å²) < 4.78 is 35.7. The van der Waals surface area contributed by atoms with E-state index in [4.69, 9.17) is 9.47 Å². The van der Waals surface area contributed by atoms with E-state index in [2.05, 4.69) is 25.9 Å². The first-order chi connectivity index (χ1) is 11.5. The van der Waals surface area contributed by atoms with Gasteiger partial charge >= 0.3 is 0 Å². The summed E-state index contributed by atoms with van der Waals surface area (Å²) >= 11 is 3.26. The number of methoxy groups -OCH3 is 1. The van der Waals surface area contributed by atoms with Crippen LogP contribution >= 0.6 is 15.9 Å². The summed E-state index contributed by atoms with van der Waals surface area (Å²) in [5.41, 5.74) is 0.675. The Hall–Kier alpha value is -2.06. The molecule has 2 rings (SSSR count). The van der Waals surface area contributed by atoms with Crippen LogP contribution in [0.4, 0.5) is 0 Å². The van der Waals surface area contributed by atoms with Gasteiger partial charge in [-0.25, -0.2) is 4.83 Å². The highest BCUT2D eigenvalue weighted by molar-refractivity contribution is 9.10. The van der Waals surface area contributed by atoms with E-state index < -0.39 is 10.0 Å². The van der Waals surface area contributed by atoms with E-state index in [1.807, 2.05) is 6.92 Å². The van der Waals surface area contributed by atoms with Crippen LogP contribution in [0.3, 0.4) is 0 Å². The Kier molecular flexibility index (Phi) is 6.22. The monoisotopic (exact) mass is 412 g/mol. The molecule has 0 bridgehead atoms. The zero-order valence-corrected chi connectivity index (χ0v) is 15.6. The van der Waals surface area contributed by atoms with Crippen LogP contribution in [0.1, 0.15) is 12.5 Å². The Labute approximate surface area is 149 Å². The molecule has 0 amide bonds. The van der Waals surface area contributed by atoms with E-state index in [0.29, 0.717) is 23.7 Å². The number of hydrogen-bond acceptors (Lipinski definition) is 5. The van der Waals surface area contributed by atoms with Gasteiger partial charge in [0.1, 0.15) is 0 Å². The molecule has 0 saturated heterocycles. The second-order valence-corrected chi connectivity index (χ2v) is 7.23. The first kappa shape index (κ1) is 18.3. The maximum Gasteiger partial charge on any atom is 0.276 e. The van der Waals surface area contributed by atoms with Crippen molar-refractivity contribution in [1.82, 2.24) is 4.83 Å². The van der Waals surface area contributed by atoms with E-state index >= 15 is 0 Å². The fourth-order valence-corrected chi connectivity index (χ4v) is 2.93. The SMILES string of the molecule is CCOc1ccc(C=NNS(=O)(=O)c2ccc(Br)cc2)cc1OC. The molecule has 0 aliphatic rings. The fourth-order valence-electron chi connectivity index (χ4n) is 1.88. The van der Waals surface area contributed by atoms with E-state index in [0.717, 1.165) is 4.47 Å². The van der Waals surface area contributed by atoms with Crippen molar-refractivity contribution >= 4 is 32.2 Å². The van der Waals surface area contributed by atoms with Gasteiger partial charge in [0.05, 0.1) is 24.8 Å². The van der Waals surface area contributed by atoms with E-state index in [-0.39, 0.29) is 4.90 Å². The zero-order chi connectivity index (χ0) is 17.6. The van der Waals surface area contributed by atoms with Crippen LogP contribution in [-0.2, 0) is 10.0 Å². The number of halogens is 1. The minimum Gasteiger partial charge on any atom is -0.493 e. The second kappa shape index (κ2) is 8.16. The minimum absolute atomic E-state index is 0.132. The molecule has 128 valence electrons. The van der Waals surface area contributed by atoms with Gasteiger partial charge in [0.15, 0.2) is 11.5 Å². The van der Waals surface area contributed by atoms with E-state index in [1.54, 1.807) is 30.3 Å². The molecule has 24 heavy (non-hydrogen) atoms. The van der Waals surface area contributed by atoms with Crippen LogP contribution in [0, 0.1) is 0 Å². The van der Waals surface area contributed by atoms with Gasteiger partial charge in [0.2, 0.25) is 0 Å². The quantitative estimate of drug-likeness (QED) is 0.559. The maximum atomic E-state index is 12.1. The highest BCUT2D eigenvalue weighted by Gasteiger charge is 2.12. The third kappa shape index (κ3) is 4.72. The Morgan fingerprint density at radius 2 is 1.88 bits per heavy atom. The van der Waals surface area contributed by atoms with E-state index in [9.17, 15) is 8.42 Å². The van der Waals surface area contributed by atoms with Crippen molar-refractivity contribution in [1.29, 1.82) is 0 Å². The fraction of sp³-hybridized carbons (Fsp3) is 0.188. The standard InChI is InChI=1S/C16H17BrN2O4S/c1-3-23-15-9-4-12(10-16(15)22-2)11-18-19-24(20,21)14-7-5-13(17)6-8-14/h4-11,19H,3H2,1-2H3. The number of benzene rings is 2. The normalized spacial score (nSPS) is 11.5. The van der Waals surface area contributed by atoms with Crippen LogP contribution in [-0.4, -0.2) is 28.3 Å². The maximum absolute atomic E-state index is 12.1. The van der Waals surface area contributed by atoms with Crippen molar-refractivity contribution in [2.45, 2.75) is 11.8 Å². The van der Waals surface area contributed by atoms with Gasteiger partial charge in [0, 0.05) is 4.47 Å². The van der Waals surface area contributed by atoms with Gasteiger partial charge in [-0.2, -0.15) is 13.5 Å². The molecule has 1 N–H and O–H groups in total. The van der Waals surface area contributed by atoms with Crippen molar-refractivity contribution in [3.8, 4) is 11.5 Å². The van der Waals surface area contributed by atoms with Crippen LogP contribution in [0.25, 0.3) is 0 Å². The highest BCUT2D eigenvalue weighted by Crippen LogP contribution is 2.27. The average molecular weight is 413 g/mol. The molecule has 0 heterocycles. The van der Waals surface area contributed by atoms with Gasteiger partial charge in [-0.15, -0.1) is 0 Å². The number of nitrogens with zero attached hydrogens (tertiary/aromatic N) is 1. The molecule has 0 aliphatic heterocycles. The predicted octanol–water partition coefficient (Wildman–Crippen LogP) is 3.17. The number of nitrogens with one attached hydrogen (secondary N) is 1. The summed E-state index contributed by atoms with van der Waals surface area (Å²) in [4.78, 5) is 2.31. The van der Waals surface area contributed by atoms with Gasteiger partial charge in [-0.3, -0.25) is 0 Å². The Balaban J connectivity index is 2.12. The van der Waals surface area contributed by atoms with Crippen LogP contribution in [0.5, 0.6) is 11.5 Å². The molecule has 0 aromatic heterocycles. The topological polar surface area (TPSA) is 77.0 Å².